The van der Waals surface area contributed by atoms with Gasteiger partial charge in [-0.1, -0.05) is 50.5 Å². The molecule has 6 atom stereocenters. The third-order valence-corrected chi connectivity index (χ3v) is 10.6. The van der Waals surface area contributed by atoms with Crippen LogP contribution < -0.4 is 10.1 Å². The predicted octanol–water partition coefficient (Wildman–Crippen LogP) is 7.31. The van der Waals surface area contributed by atoms with Crippen molar-refractivity contribution < 1.29 is 14.6 Å². The summed E-state index contributed by atoms with van der Waals surface area (Å²) in [7, 11) is 0. The summed E-state index contributed by atoms with van der Waals surface area (Å²) in [4.78, 5) is 12.1. The lowest BCUT2D eigenvalue weighted by molar-refractivity contribution is -0.121. The highest BCUT2D eigenvalue weighted by Crippen LogP contribution is 2.65. The number of hydrogen-bond donors (Lipinski definition) is 2. The molecule has 1 aromatic carbocycles. The zero-order chi connectivity index (χ0) is 26.2. The molecule has 37 heavy (non-hydrogen) atoms. The van der Waals surface area contributed by atoms with Crippen LogP contribution in [0.25, 0.3) is 0 Å². The van der Waals surface area contributed by atoms with E-state index >= 15 is 0 Å². The molecule has 0 amide bonds. The Morgan fingerprint density at radius 2 is 1.97 bits per heavy atom. The highest BCUT2D eigenvalue weighted by Gasteiger charge is 2.61. The standard InChI is InChI=1S/C33H49NO3/c1-5-7-31(34-22(2)3)24-8-6-9-26(21-24)37-19-18-33-17-14-28-27-13-11-25(35)20-23(27)10-12-29(28)30(33)15-16-32(33,4)36/h6,8-9,21-22,28-31,34,36H,5,7,10-20H2,1-4H3/t28?,29?,30?,31?,32-,33+/m0/s1. The minimum Gasteiger partial charge on any atom is -0.494 e. The molecule has 2 fully saturated rings. The summed E-state index contributed by atoms with van der Waals surface area (Å²) < 4.78 is 6.43. The van der Waals surface area contributed by atoms with Gasteiger partial charge >= 0.3 is 0 Å². The van der Waals surface area contributed by atoms with E-state index in [1.54, 1.807) is 5.57 Å². The summed E-state index contributed by atoms with van der Waals surface area (Å²) in [6, 6.07) is 9.43. The number of ketones is 1. The van der Waals surface area contributed by atoms with E-state index in [1.807, 2.05) is 0 Å². The molecule has 0 saturated heterocycles. The van der Waals surface area contributed by atoms with Crippen LogP contribution in [0, 0.1) is 23.2 Å². The third-order valence-electron chi connectivity index (χ3n) is 10.6. The van der Waals surface area contributed by atoms with Gasteiger partial charge in [0.05, 0.1) is 12.2 Å². The normalized spacial score (nSPS) is 34.2. The van der Waals surface area contributed by atoms with Gasteiger partial charge in [-0.25, -0.2) is 0 Å². The van der Waals surface area contributed by atoms with Crippen molar-refractivity contribution in [2.45, 2.75) is 122 Å². The molecular formula is C33H49NO3. The Hall–Kier alpha value is -1.65. The van der Waals surface area contributed by atoms with Gasteiger partial charge in [0.1, 0.15) is 11.5 Å². The molecule has 1 aromatic rings. The van der Waals surface area contributed by atoms with Gasteiger partial charge < -0.3 is 15.2 Å². The first-order valence-electron chi connectivity index (χ1n) is 15.2. The topological polar surface area (TPSA) is 58.6 Å². The van der Waals surface area contributed by atoms with E-state index in [0.29, 0.717) is 48.6 Å². The molecule has 0 aliphatic heterocycles. The Balaban J connectivity index is 1.29. The third kappa shape index (κ3) is 5.17. The van der Waals surface area contributed by atoms with Crippen molar-refractivity contribution in [2.75, 3.05) is 6.61 Å². The van der Waals surface area contributed by atoms with Crippen LogP contribution in [-0.2, 0) is 4.79 Å². The van der Waals surface area contributed by atoms with Crippen LogP contribution in [0.4, 0.5) is 0 Å². The van der Waals surface area contributed by atoms with E-state index in [0.717, 1.165) is 63.5 Å². The smallest absolute Gasteiger partial charge is 0.137 e. The van der Waals surface area contributed by atoms with Crippen LogP contribution in [-0.4, -0.2) is 29.1 Å². The number of Topliss-reactive ketones (excluding diaryl/α,β-unsaturated/α-hetero) is 1. The summed E-state index contributed by atoms with van der Waals surface area (Å²) in [5.74, 6) is 3.25. The summed E-state index contributed by atoms with van der Waals surface area (Å²) in [6.45, 7) is 9.42. The number of carbonyl (C=O) groups excluding carboxylic acids is 1. The van der Waals surface area contributed by atoms with Crippen LogP contribution in [0.5, 0.6) is 5.75 Å². The molecule has 0 aromatic heterocycles. The maximum Gasteiger partial charge on any atom is 0.137 e. The van der Waals surface area contributed by atoms with Crippen molar-refractivity contribution in [2.24, 2.45) is 23.2 Å². The molecule has 0 heterocycles. The number of nitrogens with one attached hydrogen (secondary N) is 1. The van der Waals surface area contributed by atoms with E-state index in [2.05, 4.69) is 57.3 Å². The van der Waals surface area contributed by atoms with Gasteiger partial charge in [0.15, 0.2) is 0 Å². The largest absolute Gasteiger partial charge is 0.494 e. The lowest BCUT2D eigenvalue weighted by Gasteiger charge is -2.55. The Morgan fingerprint density at radius 3 is 2.76 bits per heavy atom. The molecule has 4 aliphatic rings. The van der Waals surface area contributed by atoms with E-state index in [9.17, 15) is 9.90 Å². The fourth-order valence-electron chi connectivity index (χ4n) is 8.90. The lowest BCUT2D eigenvalue weighted by atomic mass is 9.51. The molecule has 2 saturated carbocycles. The SMILES string of the molecule is CCCC(NC(C)C)c1cccc(OCC[C@]23CCC4C5=C(CCC4C2CC[C@]3(C)O)CC(=O)CC5)c1. The van der Waals surface area contributed by atoms with E-state index < -0.39 is 5.60 Å². The van der Waals surface area contributed by atoms with Crippen molar-refractivity contribution >= 4 is 5.78 Å². The first-order valence-corrected chi connectivity index (χ1v) is 15.2. The molecule has 5 rings (SSSR count). The van der Waals surface area contributed by atoms with Gasteiger partial charge in [-0.3, -0.25) is 4.79 Å². The maximum atomic E-state index is 12.1. The molecule has 4 aliphatic carbocycles. The number of hydrogen-bond acceptors (Lipinski definition) is 4. The first-order chi connectivity index (χ1) is 17.7. The zero-order valence-electron chi connectivity index (χ0n) is 23.7. The van der Waals surface area contributed by atoms with Crippen molar-refractivity contribution in [3.63, 3.8) is 0 Å². The van der Waals surface area contributed by atoms with Crippen molar-refractivity contribution in [3.8, 4) is 5.75 Å². The molecule has 0 spiro atoms. The van der Waals surface area contributed by atoms with Crippen molar-refractivity contribution in [1.82, 2.24) is 5.32 Å². The minimum atomic E-state index is -0.627. The van der Waals surface area contributed by atoms with Crippen LogP contribution >= 0.6 is 0 Å². The fraction of sp³-hybridized carbons (Fsp3) is 0.727. The molecule has 204 valence electrons. The molecule has 2 N–H and O–H groups in total. The van der Waals surface area contributed by atoms with Crippen LogP contribution in [0.3, 0.4) is 0 Å². The average Bonchev–Trinajstić information content (AvgIpc) is 3.14. The quantitative estimate of drug-likeness (QED) is 0.344. The number of rotatable bonds is 9. The second kappa shape index (κ2) is 10.8. The van der Waals surface area contributed by atoms with Gasteiger partial charge in [-0.05, 0) is 100 Å². The Kier molecular flexibility index (Phi) is 7.90. The number of carbonyl (C=O) groups is 1. The second-order valence-corrected chi connectivity index (χ2v) is 13.1. The number of ether oxygens (including phenoxy) is 1. The summed E-state index contributed by atoms with van der Waals surface area (Å²) in [5, 5.41) is 15.4. The van der Waals surface area contributed by atoms with E-state index in [-0.39, 0.29) is 5.41 Å². The summed E-state index contributed by atoms with van der Waals surface area (Å²) in [5.41, 5.74) is 3.73. The van der Waals surface area contributed by atoms with E-state index in [1.165, 1.54) is 24.0 Å². The predicted molar refractivity (Wildman–Crippen MR) is 150 cm³/mol. The van der Waals surface area contributed by atoms with Gasteiger partial charge in [0, 0.05) is 30.3 Å². The average molecular weight is 508 g/mol. The number of fused-ring (bicyclic) bond motifs is 4. The molecule has 4 heteroatoms. The summed E-state index contributed by atoms with van der Waals surface area (Å²) in [6.07, 6.45) is 12.2. The monoisotopic (exact) mass is 507 g/mol. The van der Waals surface area contributed by atoms with Gasteiger partial charge in [-0.2, -0.15) is 0 Å². The van der Waals surface area contributed by atoms with Gasteiger partial charge in [0.25, 0.3) is 0 Å². The Labute approximate surface area is 224 Å². The molecule has 4 nitrogen and oxygen atoms in total. The highest BCUT2D eigenvalue weighted by molar-refractivity contribution is 5.82. The number of benzene rings is 1. The van der Waals surface area contributed by atoms with Crippen LogP contribution in [0.2, 0.25) is 0 Å². The molecule has 0 bridgehead atoms. The van der Waals surface area contributed by atoms with Crippen LogP contribution in [0.1, 0.15) is 116 Å². The Morgan fingerprint density at radius 1 is 1.14 bits per heavy atom. The van der Waals surface area contributed by atoms with Crippen molar-refractivity contribution in [1.29, 1.82) is 0 Å². The van der Waals surface area contributed by atoms with Crippen molar-refractivity contribution in [3.05, 3.63) is 41.0 Å². The molecule has 0 radical (unpaired) electrons. The molecule has 4 unspecified atom stereocenters. The number of allylic oxidation sites excluding steroid dienone is 2. The molecular weight excluding hydrogens is 458 g/mol. The second-order valence-electron chi connectivity index (χ2n) is 13.1. The minimum absolute atomic E-state index is 0.0573. The van der Waals surface area contributed by atoms with Crippen LogP contribution in [0.15, 0.2) is 35.4 Å². The highest BCUT2D eigenvalue weighted by atomic mass is 16.5. The van der Waals surface area contributed by atoms with Gasteiger partial charge in [0.2, 0.25) is 0 Å². The summed E-state index contributed by atoms with van der Waals surface area (Å²) >= 11 is 0. The van der Waals surface area contributed by atoms with Gasteiger partial charge in [-0.15, -0.1) is 0 Å². The first kappa shape index (κ1) is 26.9. The zero-order valence-corrected chi connectivity index (χ0v) is 23.7. The fourth-order valence-corrected chi connectivity index (χ4v) is 8.90. The Bertz CT molecular complexity index is 1010. The maximum absolute atomic E-state index is 12.1. The number of aliphatic hydroxyl groups is 1. The van der Waals surface area contributed by atoms with E-state index in [4.69, 9.17) is 4.74 Å². The lowest BCUT2D eigenvalue weighted by Crippen LogP contribution is -2.52.